The highest BCUT2D eigenvalue weighted by molar-refractivity contribution is 5.43. The number of benzene rings is 1. The molecule has 0 amide bonds. The van der Waals surface area contributed by atoms with Gasteiger partial charge in [-0.25, -0.2) is 9.97 Å². The van der Waals surface area contributed by atoms with Gasteiger partial charge in [0.05, 0.1) is 12.7 Å². The number of morpholine rings is 1. The van der Waals surface area contributed by atoms with Gasteiger partial charge in [-0.2, -0.15) is 0 Å². The van der Waals surface area contributed by atoms with E-state index in [1.165, 1.54) is 5.56 Å². The molecule has 0 saturated carbocycles. The standard InChI is InChI=1S/C19H23N3O3/c1-4-18-19(25-10-9-24-18)11-15(1)12-22-7-8-23-17(13-22)3-2-16-5-6-20-14-21-16/h1,4-6,11,14,17H,2-3,7-10,12-13H2. The Morgan fingerprint density at radius 1 is 1.08 bits per heavy atom. The van der Waals surface area contributed by atoms with Crippen molar-refractivity contribution < 1.29 is 14.2 Å². The van der Waals surface area contributed by atoms with Crippen LogP contribution in [0.3, 0.4) is 0 Å². The number of hydrogen-bond donors (Lipinski definition) is 0. The summed E-state index contributed by atoms with van der Waals surface area (Å²) >= 11 is 0. The zero-order chi connectivity index (χ0) is 16.9. The van der Waals surface area contributed by atoms with Crippen molar-refractivity contribution in [2.24, 2.45) is 0 Å². The molecule has 6 heteroatoms. The first-order chi connectivity index (χ1) is 12.4. The summed E-state index contributed by atoms with van der Waals surface area (Å²) in [5.74, 6) is 1.71. The number of aromatic nitrogens is 2. The molecule has 6 nitrogen and oxygen atoms in total. The molecule has 4 rings (SSSR count). The van der Waals surface area contributed by atoms with Crippen LogP contribution in [0.2, 0.25) is 0 Å². The SMILES string of the molecule is c1cc(CCC2CN(Cc3ccc4c(c3)OCCO4)CCO2)ncn1. The minimum atomic E-state index is 0.251. The van der Waals surface area contributed by atoms with Gasteiger partial charge in [-0.3, -0.25) is 4.90 Å². The summed E-state index contributed by atoms with van der Waals surface area (Å²) in [7, 11) is 0. The Hall–Kier alpha value is -2.18. The molecule has 0 bridgehead atoms. The highest BCUT2D eigenvalue weighted by Gasteiger charge is 2.21. The average molecular weight is 341 g/mol. The lowest BCUT2D eigenvalue weighted by molar-refractivity contribution is -0.0347. The fourth-order valence-corrected chi connectivity index (χ4v) is 3.32. The van der Waals surface area contributed by atoms with Crippen LogP contribution in [0.5, 0.6) is 11.5 Å². The molecular weight excluding hydrogens is 318 g/mol. The number of fused-ring (bicyclic) bond motifs is 1. The zero-order valence-corrected chi connectivity index (χ0v) is 14.3. The van der Waals surface area contributed by atoms with Crippen molar-refractivity contribution in [1.29, 1.82) is 0 Å². The van der Waals surface area contributed by atoms with Crippen LogP contribution >= 0.6 is 0 Å². The van der Waals surface area contributed by atoms with Gasteiger partial charge in [-0.15, -0.1) is 0 Å². The second kappa shape index (κ2) is 7.80. The Morgan fingerprint density at radius 2 is 2.00 bits per heavy atom. The Kier molecular flexibility index (Phi) is 5.09. The molecule has 1 aromatic heterocycles. The second-order valence-electron chi connectivity index (χ2n) is 6.45. The predicted octanol–water partition coefficient (Wildman–Crippen LogP) is 2.08. The molecule has 2 aliphatic heterocycles. The van der Waals surface area contributed by atoms with E-state index in [1.54, 1.807) is 12.5 Å². The monoisotopic (exact) mass is 341 g/mol. The van der Waals surface area contributed by atoms with E-state index in [0.29, 0.717) is 13.2 Å². The lowest BCUT2D eigenvalue weighted by Crippen LogP contribution is -2.42. The van der Waals surface area contributed by atoms with Crippen LogP contribution in [0.25, 0.3) is 0 Å². The fraction of sp³-hybridized carbons (Fsp3) is 0.474. The van der Waals surface area contributed by atoms with E-state index in [-0.39, 0.29) is 6.10 Å². The van der Waals surface area contributed by atoms with Crippen LogP contribution in [0, 0.1) is 0 Å². The van der Waals surface area contributed by atoms with E-state index >= 15 is 0 Å². The normalized spacial score (nSPS) is 20.4. The van der Waals surface area contributed by atoms with Crippen molar-refractivity contribution in [3.63, 3.8) is 0 Å². The van der Waals surface area contributed by atoms with E-state index in [2.05, 4.69) is 27.0 Å². The van der Waals surface area contributed by atoms with Crippen molar-refractivity contribution >= 4 is 0 Å². The van der Waals surface area contributed by atoms with Gasteiger partial charge in [0, 0.05) is 31.5 Å². The van der Waals surface area contributed by atoms with Crippen LogP contribution < -0.4 is 9.47 Å². The Balaban J connectivity index is 1.32. The molecule has 1 saturated heterocycles. The van der Waals surface area contributed by atoms with Gasteiger partial charge in [-0.1, -0.05) is 6.07 Å². The van der Waals surface area contributed by atoms with Crippen molar-refractivity contribution in [2.45, 2.75) is 25.5 Å². The molecule has 1 aromatic carbocycles. The first-order valence-corrected chi connectivity index (χ1v) is 8.84. The molecule has 0 N–H and O–H groups in total. The smallest absolute Gasteiger partial charge is 0.161 e. The maximum absolute atomic E-state index is 5.93. The summed E-state index contributed by atoms with van der Waals surface area (Å²) in [6, 6.07) is 8.20. The molecular formula is C19H23N3O3. The second-order valence-corrected chi connectivity index (χ2v) is 6.45. The van der Waals surface area contributed by atoms with Crippen molar-refractivity contribution in [2.75, 3.05) is 32.9 Å². The number of nitrogens with zero attached hydrogens (tertiary/aromatic N) is 3. The molecule has 0 aliphatic carbocycles. The van der Waals surface area contributed by atoms with E-state index in [0.717, 1.165) is 56.3 Å². The van der Waals surface area contributed by atoms with Crippen molar-refractivity contribution in [1.82, 2.24) is 14.9 Å². The largest absolute Gasteiger partial charge is 0.486 e. The van der Waals surface area contributed by atoms with E-state index in [9.17, 15) is 0 Å². The Morgan fingerprint density at radius 3 is 2.88 bits per heavy atom. The lowest BCUT2D eigenvalue weighted by atomic mass is 10.1. The molecule has 132 valence electrons. The summed E-state index contributed by atoms with van der Waals surface area (Å²) in [6.07, 6.45) is 5.55. The summed E-state index contributed by atoms with van der Waals surface area (Å²) in [4.78, 5) is 10.7. The quantitative estimate of drug-likeness (QED) is 0.830. The third-order valence-corrected chi connectivity index (χ3v) is 4.60. The van der Waals surface area contributed by atoms with Gasteiger partial charge in [0.1, 0.15) is 19.5 Å². The van der Waals surface area contributed by atoms with Gasteiger partial charge in [0.25, 0.3) is 0 Å². The van der Waals surface area contributed by atoms with E-state index < -0.39 is 0 Å². The van der Waals surface area contributed by atoms with Gasteiger partial charge in [0.15, 0.2) is 11.5 Å². The molecule has 2 aliphatic rings. The molecule has 1 atom stereocenters. The van der Waals surface area contributed by atoms with Gasteiger partial charge in [0.2, 0.25) is 0 Å². The summed E-state index contributed by atoms with van der Waals surface area (Å²) in [6.45, 7) is 4.84. The molecule has 1 fully saturated rings. The average Bonchev–Trinajstić information content (AvgIpc) is 2.67. The molecule has 0 radical (unpaired) electrons. The Labute approximate surface area is 147 Å². The first-order valence-electron chi connectivity index (χ1n) is 8.84. The number of hydrogen-bond acceptors (Lipinski definition) is 6. The van der Waals surface area contributed by atoms with Crippen molar-refractivity contribution in [3.05, 3.63) is 48.0 Å². The van der Waals surface area contributed by atoms with Crippen LogP contribution in [-0.2, 0) is 17.7 Å². The van der Waals surface area contributed by atoms with Gasteiger partial charge < -0.3 is 14.2 Å². The first kappa shape index (κ1) is 16.3. The van der Waals surface area contributed by atoms with Crippen LogP contribution in [0.1, 0.15) is 17.7 Å². The summed E-state index contributed by atoms with van der Waals surface area (Å²) in [5.41, 5.74) is 2.32. The minimum Gasteiger partial charge on any atom is -0.486 e. The molecule has 2 aromatic rings. The molecule has 3 heterocycles. The van der Waals surface area contributed by atoms with Crippen LogP contribution in [0.4, 0.5) is 0 Å². The third-order valence-electron chi connectivity index (χ3n) is 4.60. The summed E-state index contributed by atoms with van der Waals surface area (Å²) in [5, 5.41) is 0. The maximum Gasteiger partial charge on any atom is 0.161 e. The predicted molar refractivity (Wildman–Crippen MR) is 92.8 cm³/mol. The fourth-order valence-electron chi connectivity index (χ4n) is 3.32. The highest BCUT2D eigenvalue weighted by atomic mass is 16.6. The molecule has 0 spiro atoms. The number of aryl methyl sites for hydroxylation is 1. The molecule has 1 unspecified atom stereocenters. The third kappa shape index (κ3) is 4.27. The summed E-state index contributed by atoms with van der Waals surface area (Å²) < 4.78 is 17.2. The van der Waals surface area contributed by atoms with Crippen molar-refractivity contribution in [3.8, 4) is 11.5 Å². The van der Waals surface area contributed by atoms with Gasteiger partial charge in [-0.05, 0) is 36.6 Å². The topological polar surface area (TPSA) is 56.7 Å². The van der Waals surface area contributed by atoms with Crippen LogP contribution in [-0.4, -0.2) is 53.9 Å². The number of ether oxygens (including phenoxy) is 3. The Bertz CT molecular complexity index is 696. The lowest BCUT2D eigenvalue weighted by Gasteiger charge is -2.33. The van der Waals surface area contributed by atoms with Crippen LogP contribution in [0.15, 0.2) is 36.8 Å². The van der Waals surface area contributed by atoms with Gasteiger partial charge >= 0.3 is 0 Å². The van der Waals surface area contributed by atoms with E-state index in [4.69, 9.17) is 14.2 Å². The number of rotatable bonds is 5. The molecule has 25 heavy (non-hydrogen) atoms. The zero-order valence-electron chi connectivity index (χ0n) is 14.3. The maximum atomic E-state index is 5.93. The minimum absolute atomic E-state index is 0.251. The highest BCUT2D eigenvalue weighted by Crippen LogP contribution is 2.31. The van der Waals surface area contributed by atoms with E-state index in [1.807, 2.05) is 12.1 Å².